The lowest BCUT2D eigenvalue weighted by Gasteiger charge is -2.43. The fraction of sp³-hybridized carbons (Fsp3) is 0.643. The predicted molar refractivity (Wildman–Crippen MR) is 139 cm³/mol. The number of nitrogens with zero attached hydrogens (tertiary/aromatic N) is 2. The van der Waals surface area contributed by atoms with Crippen molar-refractivity contribution in [2.75, 3.05) is 38.2 Å². The molecule has 7 nitrogen and oxygen atoms in total. The summed E-state index contributed by atoms with van der Waals surface area (Å²) in [6.45, 7) is 5.72. The average molecular weight is 514 g/mol. The van der Waals surface area contributed by atoms with Crippen LogP contribution in [0.4, 0.5) is 5.82 Å². The molecule has 6 rings (SSSR count). The molecule has 0 bridgehead atoms. The van der Waals surface area contributed by atoms with Gasteiger partial charge in [-0.2, -0.15) is 0 Å². The largest absolute Gasteiger partial charge is 0.389 e. The summed E-state index contributed by atoms with van der Waals surface area (Å²) in [4.78, 5) is 19.7. The van der Waals surface area contributed by atoms with Crippen LogP contribution >= 0.6 is 11.6 Å². The standard InChI is InChI=1S/C28H36ClN3O4/c1-28(16-35-15-25(28)33)32-7-5-17(6-8-32)20-10-18-12-26(30-14-19(18)11-23(20)29)31-27(34)22-13-21(22)24-4-2-3-9-36-24/h10-12,14,17,21-22,24-25,33H,2-9,13,15-16H2,1H3,(H,30,31,34)/t21?,22?,24?,25-,28+/m0/s1. The zero-order chi connectivity index (χ0) is 24.9. The minimum atomic E-state index is -0.444. The molecule has 1 aromatic carbocycles. The normalized spacial score (nSPS) is 33.6. The molecule has 1 saturated carbocycles. The van der Waals surface area contributed by atoms with E-state index in [1.54, 1.807) is 6.20 Å². The number of aromatic nitrogens is 1. The first-order valence-electron chi connectivity index (χ1n) is 13.4. The van der Waals surface area contributed by atoms with Crippen molar-refractivity contribution in [3.63, 3.8) is 0 Å². The maximum atomic E-state index is 12.9. The van der Waals surface area contributed by atoms with Gasteiger partial charge in [-0.3, -0.25) is 9.69 Å². The predicted octanol–water partition coefficient (Wildman–Crippen LogP) is 4.36. The minimum absolute atomic E-state index is 0.0298. The molecule has 4 heterocycles. The van der Waals surface area contributed by atoms with Gasteiger partial charge in [-0.25, -0.2) is 4.98 Å². The van der Waals surface area contributed by atoms with Gasteiger partial charge in [0, 0.05) is 29.1 Å². The van der Waals surface area contributed by atoms with Crippen molar-refractivity contribution in [3.8, 4) is 0 Å². The molecule has 2 aromatic rings. The molecular weight excluding hydrogens is 478 g/mol. The summed E-state index contributed by atoms with van der Waals surface area (Å²) in [5.41, 5.74) is 0.845. The molecule has 5 atom stereocenters. The second-order valence-electron chi connectivity index (χ2n) is 11.3. The molecule has 4 fully saturated rings. The Bertz CT molecular complexity index is 1130. The quantitative estimate of drug-likeness (QED) is 0.618. The first-order chi connectivity index (χ1) is 17.4. The van der Waals surface area contributed by atoms with Crippen LogP contribution in [-0.2, 0) is 14.3 Å². The highest BCUT2D eigenvalue weighted by Crippen LogP contribution is 2.45. The lowest BCUT2D eigenvalue weighted by Crippen LogP contribution is -2.56. The van der Waals surface area contributed by atoms with Crippen LogP contribution < -0.4 is 5.32 Å². The molecule has 3 unspecified atom stereocenters. The van der Waals surface area contributed by atoms with Crippen molar-refractivity contribution >= 4 is 34.1 Å². The summed E-state index contributed by atoms with van der Waals surface area (Å²) in [6.07, 6.45) is 7.85. The molecule has 0 spiro atoms. The monoisotopic (exact) mass is 513 g/mol. The van der Waals surface area contributed by atoms with E-state index in [-0.39, 0.29) is 23.5 Å². The van der Waals surface area contributed by atoms with Crippen molar-refractivity contribution in [1.29, 1.82) is 0 Å². The summed E-state index contributed by atoms with van der Waals surface area (Å²) in [5, 5.41) is 16.2. The maximum Gasteiger partial charge on any atom is 0.229 e. The topological polar surface area (TPSA) is 83.9 Å². The van der Waals surface area contributed by atoms with E-state index in [2.05, 4.69) is 28.2 Å². The van der Waals surface area contributed by atoms with Crippen molar-refractivity contribution in [2.24, 2.45) is 11.8 Å². The molecule has 36 heavy (non-hydrogen) atoms. The fourth-order valence-electron chi connectivity index (χ4n) is 6.47. The summed E-state index contributed by atoms with van der Waals surface area (Å²) in [6, 6.07) is 6.12. The van der Waals surface area contributed by atoms with E-state index in [4.69, 9.17) is 21.1 Å². The van der Waals surface area contributed by atoms with Gasteiger partial charge in [-0.15, -0.1) is 0 Å². The summed E-state index contributed by atoms with van der Waals surface area (Å²) in [7, 11) is 0. The molecule has 1 amide bonds. The number of amides is 1. The second kappa shape index (κ2) is 9.84. The number of carbonyl (C=O) groups excluding carboxylic acids is 1. The number of anilines is 1. The first-order valence-corrected chi connectivity index (χ1v) is 13.8. The highest BCUT2D eigenvalue weighted by Gasteiger charge is 2.48. The Kier molecular flexibility index (Phi) is 6.71. The third-order valence-electron chi connectivity index (χ3n) is 9.00. The summed E-state index contributed by atoms with van der Waals surface area (Å²) >= 11 is 6.73. The molecule has 1 aliphatic carbocycles. The van der Waals surface area contributed by atoms with Crippen LogP contribution in [0.2, 0.25) is 5.02 Å². The van der Waals surface area contributed by atoms with E-state index in [9.17, 15) is 9.90 Å². The highest BCUT2D eigenvalue weighted by atomic mass is 35.5. The van der Waals surface area contributed by atoms with E-state index in [1.165, 1.54) is 6.42 Å². The van der Waals surface area contributed by atoms with Gasteiger partial charge in [0.05, 0.1) is 31.0 Å². The van der Waals surface area contributed by atoms with Crippen LogP contribution in [0.3, 0.4) is 0 Å². The molecule has 194 valence electrons. The van der Waals surface area contributed by atoms with Gasteiger partial charge in [0.25, 0.3) is 0 Å². The zero-order valence-electron chi connectivity index (χ0n) is 20.9. The number of hydrogen-bond donors (Lipinski definition) is 2. The third-order valence-corrected chi connectivity index (χ3v) is 9.33. The van der Waals surface area contributed by atoms with E-state index in [1.807, 2.05) is 12.1 Å². The van der Waals surface area contributed by atoms with E-state index < -0.39 is 6.10 Å². The molecule has 1 aromatic heterocycles. The van der Waals surface area contributed by atoms with Gasteiger partial charge in [-0.05, 0) is 99.5 Å². The van der Waals surface area contributed by atoms with Gasteiger partial charge >= 0.3 is 0 Å². The number of nitrogens with one attached hydrogen (secondary N) is 1. The molecule has 0 radical (unpaired) electrons. The van der Waals surface area contributed by atoms with Crippen LogP contribution in [0, 0.1) is 11.8 Å². The van der Waals surface area contributed by atoms with Gasteiger partial charge < -0.3 is 19.9 Å². The Hall–Kier alpha value is -1.77. The molecule has 3 saturated heterocycles. The third kappa shape index (κ3) is 4.65. The zero-order valence-corrected chi connectivity index (χ0v) is 21.7. The van der Waals surface area contributed by atoms with Crippen molar-refractivity contribution in [2.45, 2.75) is 69.1 Å². The Labute approximate surface area is 217 Å². The number of pyridine rings is 1. The SMILES string of the molecule is C[C@@]1(N2CCC(c3cc4cc(NC(=O)C5CC5C5CCCCO5)ncc4cc3Cl)CC2)COC[C@@H]1O. The molecular formula is C28H36ClN3O4. The van der Waals surface area contributed by atoms with Crippen molar-refractivity contribution < 1.29 is 19.4 Å². The number of benzene rings is 1. The van der Waals surface area contributed by atoms with Gasteiger partial charge in [0.1, 0.15) is 5.82 Å². The lowest BCUT2D eigenvalue weighted by atomic mass is 9.85. The van der Waals surface area contributed by atoms with Crippen molar-refractivity contribution in [1.82, 2.24) is 9.88 Å². The average Bonchev–Trinajstić information content (AvgIpc) is 3.63. The number of fused-ring (bicyclic) bond motifs is 1. The minimum Gasteiger partial charge on any atom is -0.389 e. The lowest BCUT2D eigenvalue weighted by molar-refractivity contribution is -0.118. The van der Waals surface area contributed by atoms with Crippen LogP contribution in [-0.4, -0.2) is 71.6 Å². The number of piperidine rings is 1. The van der Waals surface area contributed by atoms with E-state index >= 15 is 0 Å². The maximum absolute atomic E-state index is 12.9. The molecule has 4 aliphatic rings. The smallest absolute Gasteiger partial charge is 0.229 e. The number of aliphatic hydroxyl groups is 1. The van der Waals surface area contributed by atoms with Gasteiger partial charge in [0.15, 0.2) is 0 Å². The Morgan fingerprint density at radius 2 is 2.03 bits per heavy atom. The van der Waals surface area contributed by atoms with Crippen LogP contribution in [0.5, 0.6) is 0 Å². The van der Waals surface area contributed by atoms with Crippen LogP contribution in [0.1, 0.15) is 56.9 Å². The first kappa shape index (κ1) is 24.6. The van der Waals surface area contributed by atoms with Gasteiger partial charge in [0.2, 0.25) is 5.91 Å². The fourth-order valence-corrected chi connectivity index (χ4v) is 6.80. The second-order valence-corrected chi connectivity index (χ2v) is 11.7. The number of rotatable bonds is 5. The number of likely N-dealkylation sites (tertiary alicyclic amines) is 1. The number of halogens is 1. The van der Waals surface area contributed by atoms with Crippen molar-refractivity contribution in [3.05, 3.63) is 35.0 Å². The molecule has 2 N–H and O–H groups in total. The Morgan fingerprint density at radius 1 is 1.19 bits per heavy atom. The van der Waals surface area contributed by atoms with Crippen LogP contribution in [0.25, 0.3) is 10.8 Å². The summed E-state index contributed by atoms with van der Waals surface area (Å²) in [5.74, 6) is 1.38. The number of hydrogen-bond acceptors (Lipinski definition) is 6. The highest BCUT2D eigenvalue weighted by molar-refractivity contribution is 6.32. The summed E-state index contributed by atoms with van der Waals surface area (Å²) < 4.78 is 11.4. The molecule has 3 aliphatic heterocycles. The number of aliphatic hydroxyl groups excluding tert-OH is 1. The number of ether oxygens (including phenoxy) is 2. The van der Waals surface area contributed by atoms with Crippen LogP contribution in [0.15, 0.2) is 24.4 Å². The number of carbonyl (C=O) groups is 1. The molecule has 8 heteroatoms. The van der Waals surface area contributed by atoms with Gasteiger partial charge in [-0.1, -0.05) is 11.6 Å². The Balaban J connectivity index is 1.13. The van der Waals surface area contributed by atoms with E-state index in [0.717, 1.165) is 73.2 Å². The Morgan fingerprint density at radius 3 is 2.75 bits per heavy atom. The van der Waals surface area contributed by atoms with E-state index in [0.29, 0.717) is 30.9 Å².